The number of benzene rings is 1. The van der Waals surface area contributed by atoms with Crippen LogP contribution in [-0.2, 0) is 0 Å². The molecule has 0 bridgehead atoms. The highest BCUT2D eigenvalue weighted by molar-refractivity contribution is 5.80. The van der Waals surface area contributed by atoms with E-state index in [0.29, 0.717) is 6.04 Å². The highest BCUT2D eigenvalue weighted by Gasteiger charge is 2.11. The van der Waals surface area contributed by atoms with Gasteiger partial charge in [0.1, 0.15) is 5.82 Å². The molecule has 2 heteroatoms. The SMILES string of the molecule is c1ccc2nc(NC3CCCCCCC3)ccc2c1. The third-order valence-electron chi connectivity index (χ3n) is 4.06. The lowest BCUT2D eigenvalue weighted by Crippen LogP contribution is -2.21. The second-order valence-corrected chi connectivity index (χ2v) is 5.58. The summed E-state index contributed by atoms with van der Waals surface area (Å²) in [7, 11) is 0. The second kappa shape index (κ2) is 6.05. The van der Waals surface area contributed by atoms with Crippen LogP contribution in [0.15, 0.2) is 36.4 Å². The average Bonchev–Trinajstić information content (AvgIpc) is 2.41. The van der Waals surface area contributed by atoms with E-state index in [2.05, 4.69) is 41.7 Å². The number of fused-ring (bicyclic) bond motifs is 1. The van der Waals surface area contributed by atoms with Gasteiger partial charge in [0.2, 0.25) is 0 Å². The van der Waals surface area contributed by atoms with Crippen LogP contribution in [0.25, 0.3) is 10.9 Å². The highest BCUT2D eigenvalue weighted by Crippen LogP contribution is 2.21. The van der Waals surface area contributed by atoms with E-state index in [1.165, 1.54) is 50.3 Å². The first kappa shape index (κ1) is 12.5. The van der Waals surface area contributed by atoms with Crippen LogP contribution in [0.1, 0.15) is 44.9 Å². The Morgan fingerprint density at radius 3 is 2.42 bits per heavy atom. The lowest BCUT2D eigenvalue weighted by atomic mass is 9.97. The lowest BCUT2D eigenvalue weighted by molar-refractivity contribution is 0.471. The molecule has 0 atom stereocenters. The molecule has 1 aliphatic carbocycles. The number of para-hydroxylation sites is 1. The summed E-state index contributed by atoms with van der Waals surface area (Å²) in [6.07, 6.45) is 9.48. The minimum Gasteiger partial charge on any atom is -0.367 e. The molecule has 1 heterocycles. The number of nitrogens with zero attached hydrogens (tertiary/aromatic N) is 1. The number of rotatable bonds is 2. The molecule has 1 fully saturated rings. The minimum atomic E-state index is 0.606. The summed E-state index contributed by atoms with van der Waals surface area (Å²) in [4.78, 5) is 4.71. The number of hydrogen-bond donors (Lipinski definition) is 1. The predicted molar refractivity (Wildman–Crippen MR) is 81.5 cm³/mol. The van der Waals surface area contributed by atoms with Gasteiger partial charge >= 0.3 is 0 Å². The molecule has 2 nitrogen and oxygen atoms in total. The molecule has 0 saturated heterocycles. The standard InChI is InChI=1S/C17H22N2/c1-2-4-9-15(10-5-3-1)18-17-13-12-14-8-6-7-11-16(14)19-17/h6-8,11-13,15H,1-5,9-10H2,(H,18,19). The third kappa shape index (κ3) is 3.25. The topological polar surface area (TPSA) is 24.9 Å². The summed E-state index contributed by atoms with van der Waals surface area (Å²) >= 11 is 0. The van der Waals surface area contributed by atoms with Gasteiger partial charge in [-0.15, -0.1) is 0 Å². The number of nitrogens with one attached hydrogen (secondary N) is 1. The normalized spacial score (nSPS) is 17.9. The van der Waals surface area contributed by atoms with Crippen LogP contribution in [0.5, 0.6) is 0 Å². The van der Waals surface area contributed by atoms with Gasteiger partial charge in [0.25, 0.3) is 0 Å². The van der Waals surface area contributed by atoms with E-state index in [4.69, 9.17) is 4.98 Å². The van der Waals surface area contributed by atoms with Gasteiger partial charge in [0.05, 0.1) is 5.52 Å². The molecule has 1 aromatic heterocycles. The van der Waals surface area contributed by atoms with E-state index in [-0.39, 0.29) is 0 Å². The Morgan fingerprint density at radius 1 is 0.842 bits per heavy atom. The minimum absolute atomic E-state index is 0.606. The van der Waals surface area contributed by atoms with E-state index in [0.717, 1.165) is 11.3 Å². The largest absolute Gasteiger partial charge is 0.367 e. The molecule has 0 aliphatic heterocycles. The summed E-state index contributed by atoms with van der Waals surface area (Å²) in [5.74, 6) is 1.03. The molecule has 100 valence electrons. The Hall–Kier alpha value is -1.57. The first-order valence-electron chi connectivity index (χ1n) is 7.54. The number of anilines is 1. The van der Waals surface area contributed by atoms with E-state index in [9.17, 15) is 0 Å². The molecular formula is C17H22N2. The first-order chi connectivity index (χ1) is 9.42. The van der Waals surface area contributed by atoms with Crippen molar-refractivity contribution < 1.29 is 0 Å². The van der Waals surface area contributed by atoms with Crippen molar-refractivity contribution in [3.63, 3.8) is 0 Å². The van der Waals surface area contributed by atoms with Crippen molar-refractivity contribution in [3.05, 3.63) is 36.4 Å². The fourth-order valence-corrected chi connectivity index (χ4v) is 2.96. The fourth-order valence-electron chi connectivity index (χ4n) is 2.96. The maximum atomic E-state index is 4.71. The number of hydrogen-bond acceptors (Lipinski definition) is 2. The number of pyridine rings is 1. The van der Waals surface area contributed by atoms with Crippen molar-refractivity contribution in [2.45, 2.75) is 51.0 Å². The van der Waals surface area contributed by atoms with Gasteiger partial charge in [-0.2, -0.15) is 0 Å². The zero-order chi connectivity index (χ0) is 12.9. The Morgan fingerprint density at radius 2 is 1.58 bits per heavy atom. The maximum absolute atomic E-state index is 4.71. The second-order valence-electron chi connectivity index (χ2n) is 5.58. The van der Waals surface area contributed by atoms with Gasteiger partial charge in [-0.1, -0.05) is 50.3 Å². The summed E-state index contributed by atoms with van der Waals surface area (Å²) < 4.78 is 0. The molecule has 19 heavy (non-hydrogen) atoms. The van der Waals surface area contributed by atoms with E-state index < -0.39 is 0 Å². The van der Waals surface area contributed by atoms with Crippen LogP contribution in [0, 0.1) is 0 Å². The number of aromatic nitrogens is 1. The van der Waals surface area contributed by atoms with Gasteiger partial charge in [-0.3, -0.25) is 0 Å². The van der Waals surface area contributed by atoms with E-state index in [1.54, 1.807) is 0 Å². The molecule has 0 spiro atoms. The quantitative estimate of drug-likeness (QED) is 0.835. The van der Waals surface area contributed by atoms with Gasteiger partial charge in [-0.05, 0) is 31.0 Å². The van der Waals surface area contributed by atoms with Gasteiger partial charge in [0, 0.05) is 11.4 Å². The zero-order valence-electron chi connectivity index (χ0n) is 11.4. The van der Waals surface area contributed by atoms with E-state index in [1.807, 2.05) is 0 Å². The van der Waals surface area contributed by atoms with Crippen LogP contribution in [0.2, 0.25) is 0 Å². The van der Waals surface area contributed by atoms with Gasteiger partial charge in [0.15, 0.2) is 0 Å². The van der Waals surface area contributed by atoms with Crippen LogP contribution in [0.4, 0.5) is 5.82 Å². The molecule has 0 radical (unpaired) electrons. The fraction of sp³-hybridized carbons (Fsp3) is 0.471. The molecule has 0 unspecified atom stereocenters. The molecular weight excluding hydrogens is 232 g/mol. The first-order valence-corrected chi connectivity index (χ1v) is 7.54. The van der Waals surface area contributed by atoms with Crippen molar-refractivity contribution >= 4 is 16.7 Å². The van der Waals surface area contributed by atoms with Gasteiger partial charge in [-0.25, -0.2) is 4.98 Å². The maximum Gasteiger partial charge on any atom is 0.126 e. The van der Waals surface area contributed by atoms with Crippen LogP contribution >= 0.6 is 0 Å². The van der Waals surface area contributed by atoms with Crippen molar-refractivity contribution in [1.82, 2.24) is 4.98 Å². The summed E-state index contributed by atoms with van der Waals surface area (Å²) in [6, 6.07) is 13.2. The molecule has 0 amide bonds. The summed E-state index contributed by atoms with van der Waals surface area (Å²) in [5.41, 5.74) is 1.08. The Bertz CT molecular complexity index is 528. The predicted octanol–water partition coefficient (Wildman–Crippen LogP) is 4.76. The molecule has 2 aromatic rings. The van der Waals surface area contributed by atoms with Crippen molar-refractivity contribution in [3.8, 4) is 0 Å². The van der Waals surface area contributed by atoms with Crippen molar-refractivity contribution in [2.24, 2.45) is 0 Å². The Balaban J connectivity index is 1.72. The summed E-state index contributed by atoms with van der Waals surface area (Å²) in [5, 5.41) is 4.84. The lowest BCUT2D eigenvalue weighted by Gasteiger charge is -2.21. The Labute approximate surface area is 115 Å². The molecule has 1 aliphatic rings. The highest BCUT2D eigenvalue weighted by atomic mass is 15.0. The van der Waals surface area contributed by atoms with Crippen LogP contribution in [0.3, 0.4) is 0 Å². The van der Waals surface area contributed by atoms with Crippen LogP contribution < -0.4 is 5.32 Å². The van der Waals surface area contributed by atoms with Gasteiger partial charge < -0.3 is 5.32 Å². The third-order valence-corrected chi connectivity index (χ3v) is 4.06. The smallest absolute Gasteiger partial charge is 0.126 e. The van der Waals surface area contributed by atoms with Crippen LogP contribution in [-0.4, -0.2) is 11.0 Å². The van der Waals surface area contributed by atoms with Crippen molar-refractivity contribution in [1.29, 1.82) is 0 Å². The molecule has 3 rings (SSSR count). The van der Waals surface area contributed by atoms with E-state index >= 15 is 0 Å². The zero-order valence-corrected chi connectivity index (χ0v) is 11.4. The molecule has 1 aromatic carbocycles. The van der Waals surface area contributed by atoms with Crippen molar-refractivity contribution in [2.75, 3.05) is 5.32 Å². The molecule has 1 saturated carbocycles. The monoisotopic (exact) mass is 254 g/mol. The average molecular weight is 254 g/mol. The molecule has 1 N–H and O–H groups in total. The summed E-state index contributed by atoms with van der Waals surface area (Å²) in [6.45, 7) is 0. The Kier molecular flexibility index (Phi) is 3.97.